The first-order chi connectivity index (χ1) is 22.7. The fraction of sp³-hybridized carbons (Fsp3) is 0.409. The molecule has 0 fully saturated rings. The minimum Gasteiger partial charge on any atom is -0.127 e. The van der Waals surface area contributed by atoms with Gasteiger partial charge in [-0.25, -0.2) is 0 Å². The van der Waals surface area contributed by atoms with Crippen LogP contribution in [0.4, 0.5) is 0 Å². The maximum atomic E-state index is 3.94. The van der Waals surface area contributed by atoms with E-state index in [0.717, 1.165) is 0 Å². The summed E-state index contributed by atoms with van der Waals surface area (Å²) in [5.74, 6) is 7.42. The number of fused-ring (bicyclic) bond motifs is 7. The Morgan fingerprint density at radius 3 is 1.04 bits per heavy atom. The van der Waals surface area contributed by atoms with Gasteiger partial charge < -0.3 is 0 Å². The third-order valence-electron chi connectivity index (χ3n) is 11.6. The van der Waals surface area contributed by atoms with E-state index in [1.807, 2.05) is 22.7 Å². The normalized spacial score (nSPS) is 13.0. The lowest BCUT2D eigenvalue weighted by Crippen LogP contribution is -2.43. The van der Waals surface area contributed by atoms with Crippen molar-refractivity contribution in [3.63, 3.8) is 0 Å². The van der Waals surface area contributed by atoms with Crippen molar-refractivity contribution in [2.75, 3.05) is 0 Å². The van der Waals surface area contributed by atoms with Crippen LogP contribution in [0.25, 0.3) is 52.5 Å². The average Bonchev–Trinajstić information content (AvgIpc) is 3.60. The van der Waals surface area contributed by atoms with Crippen LogP contribution in [0.3, 0.4) is 0 Å². The predicted molar refractivity (Wildman–Crippen MR) is 226 cm³/mol. The van der Waals surface area contributed by atoms with E-state index < -0.39 is 16.1 Å². The number of thiophene rings is 2. The molecule has 0 spiro atoms. The van der Waals surface area contributed by atoms with Crippen LogP contribution in [0, 0.1) is 22.9 Å². The fourth-order valence-corrected chi connectivity index (χ4v) is 21.8. The molecule has 0 nitrogen and oxygen atoms in total. The van der Waals surface area contributed by atoms with Crippen molar-refractivity contribution in [1.29, 1.82) is 0 Å². The molecule has 0 saturated carbocycles. The molecule has 0 aliphatic carbocycles. The van der Waals surface area contributed by atoms with Crippen molar-refractivity contribution >= 4 is 91.3 Å². The Balaban J connectivity index is 1.44. The Hall–Kier alpha value is -2.87. The predicted octanol–water partition coefficient (Wildman–Crippen LogP) is 14.7. The molecule has 0 atom stereocenters. The average molecular weight is 701 g/mol. The molecule has 2 aromatic heterocycles. The van der Waals surface area contributed by atoms with E-state index >= 15 is 0 Å². The summed E-state index contributed by atoms with van der Waals surface area (Å²) in [6, 6.07) is 23.5. The van der Waals surface area contributed by atoms with Gasteiger partial charge in [0.15, 0.2) is 0 Å². The van der Waals surface area contributed by atoms with E-state index in [2.05, 4.69) is 167 Å². The van der Waals surface area contributed by atoms with E-state index in [4.69, 9.17) is 0 Å². The van der Waals surface area contributed by atoms with Gasteiger partial charge in [0.2, 0.25) is 0 Å². The van der Waals surface area contributed by atoms with Crippen molar-refractivity contribution in [2.24, 2.45) is 0 Å². The summed E-state index contributed by atoms with van der Waals surface area (Å²) in [5.41, 5.74) is 11.7. The molecule has 0 amide bonds. The van der Waals surface area contributed by atoms with Gasteiger partial charge in [-0.3, -0.25) is 0 Å². The van der Waals surface area contributed by atoms with Gasteiger partial charge in [0, 0.05) is 9.40 Å². The zero-order valence-corrected chi connectivity index (χ0v) is 34.7. The fourth-order valence-electron chi connectivity index (χ4n) is 9.28. The lowest BCUT2D eigenvalue weighted by Gasteiger charge is -2.38. The minimum atomic E-state index is -1.77. The maximum absolute atomic E-state index is 3.94. The number of benzene rings is 4. The van der Waals surface area contributed by atoms with Gasteiger partial charge in [0.25, 0.3) is 0 Å². The molecule has 6 aromatic rings. The summed E-state index contributed by atoms with van der Waals surface area (Å²) in [7, 11) is -3.55. The minimum absolute atomic E-state index is 0.638. The topological polar surface area (TPSA) is 0 Å². The standard InChI is InChI=1S/C44H52S2Si2/c1-27(2)47(28(3)4,29(5)6)19-17-37-23-35-21-33-13-15-40-39(41(33)25-43(35)45-37)16-14-34-22-36-24-38(46-44(36)26-42(34)40)18-20-48(30(7)8,31(9)10)32(11)12/h13-16,21-32H,1-12H3. The summed E-state index contributed by atoms with van der Waals surface area (Å²) < 4.78 is 2.65. The molecule has 4 aromatic carbocycles. The second-order valence-corrected chi connectivity index (χ2v) is 29.3. The van der Waals surface area contributed by atoms with Crippen molar-refractivity contribution < 1.29 is 0 Å². The largest absolute Gasteiger partial charge is 0.146 e. The summed E-state index contributed by atoms with van der Waals surface area (Å²) >= 11 is 3.71. The molecule has 0 bridgehead atoms. The highest BCUT2D eigenvalue weighted by molar-refractivity contribution is 7.20. The molecule has 0 saturated heterocycles. The first kappa shape index (κ1) is 35.0. The molecule has 4 heteroatoms. The van der Waals surface area contributed by atoms with Crippen LogP contribution in [0.15, 0.2) is 60.7 Å². The van der Waals surface area contributed by atoms with E-state index in [0.29, 0.717) is 33.2 Å². The third-order valence-corrected chi connectivity index (χ3v) is 26.2. The van der Waals surface area contributed by atoms with Gasteiger partial charge in [-0.15, -0.1) is 33.8 Å². The maximum Gasteiger partial charge on any atom is 0.146 e. The van der Waals surface area contributed by atoms with Crippen LogP contribution < -0.4 is 0 Å². The highest BCUT2D eigenvalue weighted by atomic mass is 32.1. The summed E-state index contributed by atoms with van der Waals surface area (Å²) in [6.45, 7) is 28.7. The monoisotopic (exact) mass is 700 g/mol. The lowest BCUT2D eigenvalue weighted by molar-refractivity contribution is 0.838. The Morgan fingerprint density at radius 1 is 0.396 bits per heavy atom. The Bertz CT molecular complexity index is 2080. The smallest absolute Gasteiger partial charge is 0.127 e. The van der Waals surface area contributed by atoms with Gasteiger partial charge in [-0.1, -0.05) is 119 Å². The molecule has 248 valence electrons. The quantitative estimate of drug-likeness (QED) is 0.0922. The highest BCUT2D eigenvalue weighted by Crippen LogP contribution is 2.43. The molecule has 6 rings (SSSR count). The van der Waals surface area contributed by atoms with Crippen molar-refractivity contribution in [1.82, 2.24) is 0 Å². The summed E-state index contributed by atoms with van der Waals surface area (Å²) in [4.78, 5) is 2.39. The SMILES string of the molecule is CC(C)[Si](C#Cc1cc2cc3ccc4c5cc6sc(C#C[Si](C(C)C)(C(C)C)C(C)C)cc6cc5ccc4c3cc2s1)(C(C)C)C(C)C. The van der Waals surface area contributed by atoms with Crippen LogP contribution in [-0.4, -0.2) is 16.1 Å². The van der Waals surface area contributed by atoms with E-state index in [9.17, 15) is 0 Å². The highest BCUT2D eigenvalue weighted by Gasteiger charge is 2.42. The van der Waals surface area contributed by atoms with Crippen molar-refractivity contribution in [2.45, 2.75) is 116 Å². The molecule has 48 heavy (non-hydrogen) atoms. The zero-order valence-electron chi connectivity index (χ0n) is 31.1. The molecule has 0 aliphatic rings. The molecule has 0 radical (unpaired) electrons. The van der Waals surface area contributed by atoms with E-state index in [-0.39, 0.29) is 0 Å². The Labute approximate surface area is 299 Å². The summed E-state index contributed by atoms with van der Waals surface area (Å²) in [5, 5.41) is 10.5. The molecule has 0 N–H and O–H groups in total. The molecule has 0 aliphatic heterocycles. The lowest BCUT2D eigenvalue weighted by atomic mass is 9.96. The van der Waals surface area contributed by atoms with Crippen LogP contribution in [0.1, 0.15) is 92.8 Å². The van der Waals surface area contributed by atoms with Crippen molar-refractivity contribution in [3.05, 3.63) is 70.4 Å². The van der Waals surface area contributed by atoms with Crippen LogP contribution >= 0.6 is 22.7 Å². The van der Waals surface area contributed by atoms with Gasteiger partial charge in [0.05, 0.1) is 9.75 Å². The van der Waals surface area contributed by atoms with Gasteiger partial charge >= 0.3 is 0 Å². The Kier molecular flexibility index (Phi) is 9.55. The second kappa shape index (κ2) is 13.1. The molecular formula is C44H52S2Si2. The van der Waals surface area contributed by atoms with Gasteiger partial charge in [0.1, 0.15) is 16.1 Å². The molecule has 2 heterocycles. The van der Waals surface area contributed by atoms with Crippen LogP contribution in [-0.2, 0) is 0 Å². The van der Waals surface area contributed by atoms with E-state index in [1.165, 1.54) is 62.2 Å². The van der Waals surface area contributed by atoms with Crippen LogP contribution in [0.2, 0.25) is 33.2 Å². The Morgan fingerprint density at radius 2 is 0.729 bits per heavy atom. The number of rotatable bonds is 6. The van der Waals surface area contributed by atoms with Gasteiger partial charge in [-0.05, 0) is 113 Å². The second-order valence-electron chi connectivity index (χ2n) is 16.0. The van der Waals surface area contributed by atoms with Gasteiger partial charge in [-0.2, -0.15) is 0 Å². The molecular weight excluding hydrogens is 649 g/mol. The van der Waals surface area contributed by atoms with Crippen molar-refractivity contribution in [3.8, 4) is 22.9 Å². The summed E-state index contributed by atoms with van der Waals surface area (Å²) in [6.07, 6.45) is 0. The molecule has 0 unspecified atom stereocenters. The van der Waals surface area contributed by atoms with Crippen LogP contribution in [0.5, 0.6) is 0 Å². The first-order valence-electron chi connectivity index (χ1n) is 18.0. The first-order valence-corrected chi connectivity index (χ1v) is 24.1. The number of hydrogen-bond donors (Lipinski definition) is 0. The third kappa shape index (κ3) is 5.78. The van der Waals surface area contributed by atoms with E-state index in [1.54, 1.807) is 0 Å². The zero-order chi connectivity index (χ0) is 34.7. The number of hydrogen-bond acceptors (Lipinski definition) is 2.